The molecule has 0 aliphatic heterocycles. The zero-order valence-corrected chi connectivity index (χ0v) is 13.7. The molecule has 0 atom stereocenters. The van der Waals surface area contributed by atoms with Gasteiger partial charge in [0, 0.05) is 6.54 Å². The summed E-state index contributed by atoms with van der Waals surface area (Å²) in [5, 5.41) is 7.85. The molecule has 8 heteroatoms. The molecule has 0 saturated heterocycles. The molecule has 3 aromatic rings. The number of primary sulfonamides is 1. The van der Waals surface area contributed by atoms with Gasteiger partial charge >= 0.3 is 0 Å². The third-order valence-electron chi connectivity index (χ3n) is 3.58. The van der Waals surface area contributed by atoms with Gasteiger partial charge in [0.15, 0.2) is 0 Å². The van der Waals surface area contributed by atoms with E-state index in [1.54, 1.807) is 24.3 Å². The maximum absolute atomic E-state index is 12.4. The Balaban J connectivity index is 1.75. The number of imidazole rings is 1. The fraction of sp³-hybridized carbons (Fsp3) is 0.125. The number of carbonyl (C=O) groups excluding carboxylic acids is 1. The molecule has 1 aromatic heterocycles. The van der Waals surface area contributed by atoms with E-state index in [1.165, 1.54) is 12.1 Å². The fourth-order valence-electron chi connectivity index (χ4n) is 2.41. The van der Waals surface area contributed by atoms with Gasteiger partial charge in [0.25, 0.3) is 5.91 Å². The van der Waals surface area contributed by atoms with Crippen molar-refractivity contribution in [3.8, 4) is 0 Å². The minimum absolute atomic E-state index is 0.0364. The van der Waals surface area contributed by atoms with Crippen molar-refractivity contribution < 1.29 is 13.2 Å². The van der Waals surface area contributed by atoms with E-state index in [-0.39, 0.29) is 17.3 Å². The lowest BCUT2D eigenvalue weighted by Gasteiger charge is -2.07. The number of nitrogens with one attached hydrogen (secondary N) is 2. The summed E-state index contributed by atoms with van der Waals surface area (Å²) in [5.74, 6) is 0.492. The number of hydrogen-bond acceptors (Lipinski definition) is 4. The molecule has 3 rings (SSSR count). The lowest BCUT2D eigenvalue weighted by Crippen LogP contribution is -2.23. The number of fused-ring (bicyclic) bond motifs is 1. The zero-order valence-electron chi connectivity index (χ0n) is 12.9. The molecule has 0 saturated carbocycles. The van der Waals surface area contributed by atoms with Crippen molar-refractivity contribution in [2.45, 2.75) is 18.4 Å². The molecule has 7 nitrogen and oxygen atoms in total. The number of amides is 1. The van der Waals surface area contributed by atoms with E-state index >= 15 is 0 Å². The quantitative estimate of drug-likeness (QED) is 0.664. The Morgan fingerprint density at radius 1 is 1.21 bits per heavy atom. The molecule has 0 bridgehead atoms. The summed E-state index contributed by atoms with van der Waals surface area (Å²) in [6, 6.07) is 11.4. The van der Waals surface area contributed by atoms with Gasteiger partial charge in [-0.2, -0.15) is 0 Å². The van der Waals surface area contributed by atoms with Gasteiger partial charge in [0.1, 0.15) is 11.3 Å². The third kappa shape index (κ3) is 3.29. The Kier molecular flexibility index (Phi) is 4.08. The Hall–Kier alpha value is -2.71. The molecule has 1 heterocycles. The lowest BCUT2D eigenvalue weighted by atomic mass is 10.1. The van der Waals surface area contributed by atoms with E-state index in [4.69, 9.17) is 5.14 Å². The third-order valence-corrected chi connectivity index (χ3v) is 4.51. The van der Waals surface area contributed by atoms with Crippen LogP contribution in [0.1, 0.15) is 21.7 Å². The SMILES string of the molecule is Cc1nc2c(C(=O)NCc3ccc(S(N)(=O)=O)cc3)cccc2[nH]1. The number of carbonyl (C=O) groups is 1. The Morgan fingerprint density at radius 3 is 2.58 bits per heavy atom. The molecular formula is C16H16N4O3S. The van der Waals surface area contributed by atoms with Gasteiger partial charge in [-0.15, -0.1) is 0 Å². The molecule has 2 aromatic carbocycles. The highest BCUT2D eigenvalue weighted by Gasteiger charge is 2.13. The van der Waals surface area contributed by atoms with E-state index in [1.807, 2.05) is 13.0 Å². The van der Waals surface area contributed by atoms with Crippen LogP contribution in [-0.4, -0.2) is 24.3 Å². The number of rotatable bonds is 4. The van der Waals surface area contributed by atoms with Gasteiger partial charge in [-0.25, -0.2) is 18.5 Å². The highest BCUT2D eigenvalue weighted by molar-refractivity contribution is 7.89. The van der Waals surface area contributed by atoms with Crippen molar-refractivity contribution in [3.63, 3.8) is 0 Å². The second kappa shape index (κ2) is 6.06. The van der Waals surface area contributed by atoms with E-state index in [2.05, 4.69) is 15.3 Å². The minimum atomic E-state index is -3.71. The van der Waals surface area contributed by atoms with Crippen molar-refractivity contribution in [1.82, 2.24) is 15.3 Å². The molecule has 124 valence electrons. The molecule has 0 unspecified atom stereocenters. The summed E-state index contributed by atoms with van der Waals surface area (Å²) < 4.78 is 22.4. The predicted octanol–water partition coefficient (Wildman–Crippen LogP) is 1.45. The molecule has 0 aliphatic rings. The first-order valence-electron chi connectivity index (χ1n) is 7.20. The number of nitrogens with zero attached hydrogens (tertiary/aromatic N) is 1. The number of nitrogens with two attached hydrogens (primary N) is 1. The van der Waals surface area contributed by atoms with Crippen molar-refractivity contribution in [3.05, 3.63) is 59.4 Å². The van der Waals surface area contributed by atoms with Crippen LogP contribution in [-0.2, 0) is 16.6 Å². The molecule has 0 aliphatic carbocycles. The first-order valence-corrected chi connectivity index (χ1v) is 8.74. The highest BCUT2D eigenvalue weighted by atomic mass is 32.2. The predicted molar refractivity (Wildman–Crippen MR) is 89.8 cm³/mol. The topological polar surface area (TPSA) is 118 Å². The minimum Gasteiger partial charge on any atom is -0.348 e. The second-order valence-electron chi connectivity index (χ2n) is 5.40. The van der Waals surface area contributed by atoms with Crippen molar-refractivity contribution >= 4 is 27.0 Å². The van der Waals surface area contributed by atoms with Crippen LogP contribution in [0.15, 0.2) is 47.4 Å². The molecule has 24 heavy (non-hydrogen) atoms. The summed E-state index contributed by atoms with van der Waals surface area (Å²) in [5.41, 5.74) is 2.67. The van der Waals surface area contributed by atoms with E-state index in [0.717, 1.165) is 16.9 Å². The number of hydrogen-bond donors (Lipinski definition) is 3. The van der Waals surface area contributed by atoms with Gasteiger partial charge in [-0.1, -0.05) is 18.2 Å². The normalized spacial score (nSPS) is 11.6. The number of H-pyrrole nitrogens is 1. The van der Waals surface area contributed by atoms with Crippen molar-refractivity contribution in [1.29, 1.82) is 0 Å². The van der Waals surface area contributed by atoms with Crippen molar-refractivity contribution in [2.75, 3.05) is 0 Å². The first-order chi connectivity index (χ1) is 11.3. The van der Waals surface area contributed by atoms with Gasteiger partial charge in [-0.05, 0) is 36.8 Å². The van der Waals surface area contributed by atoms with E-state index < -0.39 is 10.0 Å². The molecule has 0 radical (unpaired) electrons. The van der Waals surface area contributed by atoms with E-state index in [0.29, 0.717) is 11.1 Å². The summed E-state index contributed by atoms with van der Waals surface area (Å²) in [4.78, 5) is 19.8. The van der Waals surface area contributed by atoms with Gasteiger partial charge in [0.05, 0.1) is 16.0 Å². The summed E-state index contributed by atoms with van der Waals surface area (Å²) in [6.07, 6.45) is 0. The summed E-state index contributed by atoms with van der Waals surface area (Å²) >= 11 is 0. The number of aromatic amines is 1. The second-order valence-corrected chi connectivity index (χ2v) is 6.96. The van der Waals surface area contributed by atoms with Crippen molar-refractivity contribution in [2.24, 2.45) is 5.14 Å². The number of aromatic nitrogens is 2. The van der Waals surface area contributed by atoms with Crippen LogP contribution >= 0.6 is 0 Å². The molecular weight excluding hydrogens is 328 g/mol. The van der Waals surface area contributed by atoms with E-state index in [9.17, 15) is 13.2 Å². The average molecular weight is 344 g/mol. The number of sulfonamides is 1. The number of aryl methyl sites for hydroxylation is 1. The van der Waals surface area contributed by atoms with Crippen LogP contribution in [0.5, 0.6) is 0 Å². The molecule has 1 amide bonds. The van der Waals surface area contributed by atoms with Crippen LogP contribution in [0.2, 0.25) is 0 Å². The average Bonchev–Trinajstić information content (AvgIpc) is 2.92. The fourth-order valence-corrected chi connectivity index (χ4v) is 2.93. The zero-order chi connectivity index (χ0) is 17.3. The maximum Gasteiger partial charge on any atom is 0.253 e. The van der Waals surface area contributed by atoms with Gasteiger partial charge in [0.2, 0.25) is 10.0 Å². The van der Waals surface area contributed by atoms with Crippen LogP contribution in [0.4, 0.5) is 0 Å². The first kappa shape index (κ1) is 16.2. The monoisotopic (exact) mass is 344 g/mol. The van der Waals surface area contributed by atoms with Gasteiger partial charge in [-0.3, -0.25) is 4.79 Å². The molecule has 0 spiro atoms. The standard InChI is InChI=1S/C16H16N4O3S/c1-10-19-14-4-2-3-13(15(14)20-10)16(21)18-9-11-5-7-12(8-6-11)24(17,22)23/h2-8H,9H2,1H3,(H,18,21)(H,19,20)(H2,17,22,23). The summed E-state index contributed by atoms with van der Waals surface area (Å²) in [6.45, 7) is 2.10. The van der Waals surface area contributed by atoms with Crippen LogP contribution < -0.4 is 10.5 Å². The van der Waals surface area contributed by atoms with Gasteiger partial charge < -0.3 is 10.3 Å². The highest BCUT2D eigenvalue weighted by Crippen LogP contribution is 2.16. The molecule has 0 fully saturated rings. The largest absolute Gasteiger partial charge is 0.348 e. The molecule has 4 N–H and O–H groups in total. The Labute approximate surface area is 139 Å². The Bertz CT molecular complexity index is 1010. The van der Waals surface area contributed by atoms with Crippen LogP contribution in [0.25, 0.3) is 11.0 Å². The Morgan fingerprint density at radius 2 is 1.92 bits per heavy atom. The summed E-state index contributed by atoms with van der Waals surface area (Å²) in [7, 11) is -3.71. The smallest absolute Gasteiger partial charge is 0.253 e. The van der Waals surface area contributed by atoms with Crippen LogP contribution in [0.3, 0.4) is 0 Å². The number of para-hydroxylation sites is 1. The lowest BCUT2D eigenvalue weighted by molar-refractivity contribution is 0.0952. The maximum atomic E-state index is 12.4. The number of benzene rings is 2. The van der Waals surface area contributed by atoms with Crippen LogP contribution in [0, 0.1) is 6.92 Å².